The quantitative estimate of drug-likeness (QED) is 0.157. The number of hydrogen-bond donors (Lipinski definition) is 0. The number of anilines is 3. The Balaban J connectivity index is 1.06. The van der Waals surface area contributed by atoms with Gasteiger partial charge in [0.05, 0.1) is 10.4 Å². The molecule has 0 amide bonds. The molecule has 1 nitrogen and oxygen atoms in total. The molecule has 10 aromatic carbocycles. The zero-order valence-corrected chi connectivity index (χ0v) is 32.5. The maximum atomic E-state index is 2.43. The third-order valence-electron chi connectivity index (χ3n) is 11.5. The van der Waals surface area contributed by atoms with Crippen LogP contribution in [0.4, 0.5) is 17.1 Å². The lowest BCUT2D eigenvalue weighted by atomic mass is 9.91. The van der Waals surface area contributed by atoms with Gasteiger partial charge >= 0.3 is 0 Å². The highest BCUT2D eigenvalue weighted by molar-refractivity contribution is 7.26. The minimum atomic E-state index is 1.11. The van der Waals surface area contributed by atoms with Crippen LogP contribution in [0, 0.1) is 0 Å². The van der Waals surface area contributed by atoms with E-state index in [4.69, 9.17) is 0 Å². The summed E-state index contributed by atoms with van der Waals surface area (Å²) in [6.45, 7) is 0. The highest BCUT2D eigenvalue weighted by atomic mass is 32.1. The summed E-state index contributed by atoms with van der Waals surface area (Å²) in [4.78, 5) is 2.43. The summed E-state index contributed by atoms with van der Waals surface area (Å²) in [5.74, 6) is 0. The monoisotopic (exact) mass is 755 g/mol. The number of nitrogens with zero attached hydrogens (tertiary/aromatic N) is 1. The maximum absolute atomic E-state index is 2.43. The van der Waals surface area contributed by atoms with Crippen LogP contribution in [-0.4, -0.2) is 0 Å². The molecule has 0 spiro atoms. The second-order valence-corrected chi connectivity index (χ2v) is 15.9. The van der Waals surface area contributed by atoms with Gasteiger partial charge in [-0.05, 0) is 115 Å². The molecule has 0 aliphatic carbocycles. The Kier molecular flexibility index (Phi) is 8.42. The largest absolute Gasteiger partial charge is 0.309 e. The molecule has 0 saturated carbocycles. The van der Waals surface area contributed by atoms with Gasteiger partial charge in [0, 0.05) is 26.8 Å². The zero-order chi connectivity index (χ0) is 38.4. The van der Waals surface area contributed by atoms with Crippen molar-refractivity contribution in [2.24, 2.45) is 0 Å². The van der Waals surface area contributed by atoms with E-state index in [9.17, 15) is 0 Å². The van der Waals surface area contributed by atoms with E-state index in [1.165, 1.54) is 91.9 Å². The third kappa shape index (κ3) is 5.94. The summed E-state index contributed by atoms with van der Waals surface area (Å²) in [5, 5.41) is 7.57. The number of fused-ring (bicyclic) bond motifs is 5. The fourth-order valence-corrected chi connectivity index (χ4v) is 9.90. The SMILES string of the molecule is c1ccc(-c2cc3ccccc3cc2-c2ccc(N(c3ccc(-c4cccc5cccc(-c6ccccc6)c45)cc3)c3cccc4c3sc3ccccc34)cc2)cc1. The van der Waals surface area contributed by atoms with Crippen LogP contribution in [0.2, 0.25) is 0 Å². The minimum absolute atomic E-state index is 1.11. The predicted octanol–water partition coefficient (Wildman–Crippen LogP) is 16.5. The zero-order valence-electron chi connectivity index (χ0n) is 31.7. The van der Waals surface area contributed by atoms with Crippen molar-refractivity contribution in [1.82, 2.24) is 0 Å². The Morgan fingerprint density at radius 1 is 0.310 bits per heavy atom. The van der Waals surface area contributed by atoms with E-state index >= 15 is 0 Å². The summed E-state index contributed by atoms with van der Waals surface area (Å²) < 4.78 is 2.57. The van der Waals surface area contributed by atoms with Gasteiger partial charge in [-0.2, -0.15) is 0 Å². The van der Waals surface area contributed by atoms with Crippen molar-refractivity contribution in [3.05, 3.63) is 224 Å². The van der Waals surface area contributed by atoms with Gasteiger partial charge in [-0.1, -0.05) is 176 Å². The summed E-state index contributed by atoms with van der Waals surface area (Å²) in [6, 6.07) is 81.9. The van der Waals surface area contributed by atoms with Gasteiger partial charge in [-0.15, -0.1) is 11.3 Å². The molecule has 0 bridgehead atoms. The van der Waals surface area contributed by atoms with Gasteiger partial charge in [0.15, 0.2) is 0 Å². The number of thiophene rings is 1. The van der Waals surface area contributed by atoms with Crippen LogP contribution in [0.25, 0.3) is 86.2 Å². The van der Waals surface area contributed by atoms with Crippen molar-refractivity contribution in [3.63, 3.8) is 0 Å². The average molecular weight is 756 g/mol. The van der Waals surface area contributed by atoms with Crippen molar-refractivity contribution >= 4 is 70.1 Å². The van der Waals surface area contributed by atoms with E-state index in [-0.39, 0.29) is 0 Å². The first kappa shape index (κ1) is 34.0. The molecule has 0 saturated heterocycles. The molecule has 11 rings (SSSR count). The number of hydrogen-bond acceptors (Lipinski definition) is 2. The van der Waals surface area contributed by atoms with E-state index < -0.39 is 0 Å². The Morgan fingerprint density at radius 3 is 1.36 bits per heavy atom. The van der Waals surface area contributed by atoms with Crippen LogP contribution in [-0.2, 0) is 0 Å². The summed E-state index contributed by atoms with van der Waals surface area (Å²) in [5.41, 5.74) is 13.2. The number of rotatable bonds is 7. The first-order chi connectivity index (χ1) is 28.8. The van der Waals surface area contributed by atoms with Crippen LogP contribution < -0.4 is 4.90 Å². The molecule has 272 valence electrons. The van der Waals surface area contributed by atoms with Crippen molar-refractivity contribution in [2.45, 2.75) is 0 Å². The Bertz CT molecular complexity index is 3250. The second kappa shape index (κ2) is 14.4. The second-order valence-electron chi connectivity index (χ2n) is 14.9. The van der Waals surface area contributed by atoms with Gasteiger partial charge in [-0.25, -0.2) is 0 Å². The molecular weight excluding hydrogens is 719 g/mol. The molecule has 0 atom stereocenters. The summed E-state index contributed by atoms with van der Waals surface area (Å²) in [7, 11) is 0. The highest BCUT2D eigenvalue weighted by Crippen LogP contribution is 2.46. The average Bonchev–Trinajstić information content (AvgIpc) is 3.69. The molecule has 1 aromatic heterocycles. The normalized spacial score (nSPS) is 11.4. The molecule has 0 aliphatic heterocycles. The van der Waals surface area contributed by atoms with E-state index in [0.29, 0.717) is 0 Å². The fourth-order valence-electron chi connectivity index (χ4n) is 8.69. The lowest BCUT2D eigenvalue weighted by Crippen LogP contribution is -2.10. The summed E-state index contributed by atoms with van der Waals surface area (Å²) >= 11 is 1.87. The predicted molar refractivity (Wildman–Crippen MR) is 251 cm³/mol. The number of benzene rings is 10. The van der Waals surface area contributed by atoms with E-state index in [1.54, 1.807) is 0 Å². The molecule has 2 heteroatoms. The summed E-state index contributed by atoms with van der Waals surface area (Å²) in [6.07, 6.45) is 0. The van der Waals surface area contributed by atoms with Crippen molar-refractivity contribution in [3.8, 4) is 44.5 Å². The molecule has 0 fully saturated rings. The molecule has 0 N–H and O–H groups in total. The lowest BCUT2D eigenvalue weighted by Gasteiger charge is -2.27. The van der Waals surface area contributed by atoms with Gasteiger partial charge in [0.25, 0.3) is 0 Å². The highest BCUT2D eigenvalue weighted by Gasteiger charge is 2.20. The fraction of sp³-hybridized carbons (Fsp3) is 0. The van der Waals surface area contributed by atoms with Gasteiger partial charge in [0.1, 0.15) is 0 Å². The molecule has 0 radical (unpaired) electrons. The molecule has 0 aliphatic rings. The molecule has 11 aromatic rings. The van der Waals surface area contributed by atoms with Crippen molar-refractivity contribution in [1.29, 1.82) is 0 Å². The lowest BCUT2D eigenvalue weighted by molar-refractivity contribution is 1.30. The molecule has 58 heavy (non-hydrogen) atoms. The van der Waals surface area contributed by atoms with Gasteiger partial charge < -0.3 is 4.90 Å². The minimum Gasteiger partial charge on any atom is -0.309 e. The standard InChI is InChI=1S/C56H37NS/c1-3-14-38(15-4-1)47-23-11-20-42-21-12-24-48(55(42)47)40-28-32-45(33-29-40)57(53-26-13-25-50-49-22-9-10-27-54(49)58-56(50)53)46-34-30-41(31-35-46)52-37-44-19-8-7-18-43(44)36-51(52)39-16-5-2-6-17-39/h1-37H. The van der Waals surface area contributed by atoms with Crippen LogP contribution in [0.1, 0.15) is 0 Å². The van der Waals surface area contributed by atoms with Crippen LogP contribution in [0.15, 0.2) is 224 Å². The Morgan fingerprint density at radius 2 is 0.759 bits per heavy atom. The molecule has 0 unspecified atom stereocenters. The molecular formula is C56H37NS. The van der Waals surface area contributed by atoms with E-state index in [0.717, 1.165) is 11.4 Å². The first-order valence-electron chi connectivity index (χ1n) is 19.8. The Hall–Kier alpha value is -7.26. The Labute approximate surface area is 342 Å². The third-order valence-corrected chi connectivity index (χ3v) is 12.7. The van der Waals surface area contributed by atoms with Crippen LogP contribution in [0.3, 0.4) is 0 Å². The maximum Gasteiger partial charge on any atom is 0.0640 e. The first-order valence-corrected chi connectivity index (χ1v) is 20.7. The topological polar surface area (TPSA) is 3.24 Å². The van der Waals surface area contributed by atoms with Gasteiger partial charge in [-0.3, -0.25) is 0 Å². The van der Waals surface area contributed by atoms with E-state index in [2.05, 4.69) is 229 Å². The van der Waals surface area contributed by atoms with Crippen LogP contribution in [0.5, 0.6) is 0 Å². The van der Waals surface area contributed by atoms with Gasteiger partial charge in [0.2, 0.25) is 0 Å². The van der Waals surface area contributed by atoms with Crippen molar-refractivity contribution in [2.75, 3.05) is 4.90 Å². The van der Waals surface area contributed by atoms with Crippen molar-refractivity contribution < 1.29 is 0 Å². The molecule has 1 heterocycles. The smallest absolute Gasteiger partial charge is 0.0640 e. The van der Waals surface area contributed by atoms with Crippen LogP contribution >= 0.6 is 11.3 Å². The van der Waals surface area contributed by atoms with E-state index in [1.807, 2.05) is 11.3 Å².